The zero-order valence-electron chi connectivity index (χ0n) is 14.0. The Morgan fingerprint density at radius 1 is 1.28 bits per heavy atom. The molecule has 0 saturated carbocycles. The number of nitrogens with zero attached hydrogens (tertiary/aromatic N) is 1. The predicted octanol–water partition coefficient (Wildman–Crippen LogP) is 2.79. The molecule has 0 saturated heterocycles. The van der Waals surface area contributed by atoms with E-state index in [1.807, 2.05) is 13.8 Å². The molecule has 3 N–H and O–H groups in total. The van der Waals surface area contributed by atoms with Gasteiger partial charge in [0, 0.05) is 11.7 Å². The van der Waals surface area contributed by atoms with Gasteiger partial charge >= 0.3 is 0 Å². The van der Waals surface area contributed by atoms with Gasteiger partial charge in [-0.05, 0) is 44.2 Å². The number of anilines is 1. The Bertz CT molecular complexity index is 716. The van der Waals surface area contributed by atoms with Crippen LogP contribution in [0.3, 0.4) is 0 Å². The fourth-order valence-corrected chi connectivity index (χ4v) is 2.14. The van der Waals surface area contributed by atoms with Gasteiger partial charge in [0.25, 0.3) is 5.91 Å². The third kappa shape index (κ3) is 5.58. The molecule has 0 radical (unpaired) electrons. The zero-order chi connectivity index (χ0) is 17.7. The molecule has 2 aromatic rings. The van der Waals surface area contributed by atoms with Crippen LogP contribution in [0.25, 0.3) is 0 Å². The van der Waals surface area contributed by atoms with Gasteiger partial charge in [-0.3, -0.25) is 9.59 Å². The molecule has 0 aliphatic carbocycles. The number of hydrogen-bond acceptors (Lipinski definition) is 4. The van der Waals surface area contributed by atoms with Crippen molar-refractivity contribution in [3.63, 3.8) is 0 Å². The Morgan fingerprint density at radius 3 is 2.44 bits per heavy atom. The lowest BCUT2D eigenvalue weighted by Gasteiger charge is -2.25. The van der Waals surface area contributed by atoms with Crippen molar-refractivity contribution in [3.05, 3.63) is 53.7 Å². The maximum Gasteiger partial charge on any atom is 0.257 e. The standard InChI is InChI=1S/C17H20FN3O3.ClH/c1-11(2)21(17(23)12-7-15(8-19)24-10-12)9-16(22)20-14-5-3-13(18)4-6-14;/h3-7,10-11H,8-9,19H2,1-2H3,(H,20,22);1H. The predicted molar refractivity (Wildman–Crippen MR) is 95.0 cm³/mol. The molecule has 8 heteroatoms. The van der Waals surface area contributed by atoms with E-state index in [0.717, 1.165) is 0 Å². The molecule has 0 aliphatic heterocycles. The van der Waals surface area contributed by atoms with Crippen LogP contribution in [-0.2, 0) is 11.3 Å². The van der Waals surface area contributed by atoms with Crippen LogP contribution in [0.15, 0.2) is 41.0 Å². The number of carbonyl (C=O) groups is 2. The van der Waals surface area contributed by atoms with Gasteiger partial charge in [-0.15, -0.1) is 12.4 Å². The van der Waals surface area contributed by atoms with Crippen molar-refractivity contribution in [3.8, 4) is 0 Å². The summed E-state index contributed by atoms with van der Waals surface area (Å²) in [6.07, 6.45) is 1.33. The molecule has 0 fully saturated rings. The van der Waals surface area contributed by atoms with Crippen molar-refractivity contribution in [2.75, 3.05) is 11.9 Å². The number of amides is 2. The SMILES string of the molecule is CC(C)N(CC(=O)Nc1ccc(F)cc1)C(=O)c1coc(CN)c1.Cl. The van der Waals surface area contributed by atoms with E-state index in [1.165, 1.54) is 35.4 Å². The molecule has 1 aromatic heterocycles. The van der Waals surface area contributed by atoms with E-state index in [4.69, 9.17) is 10.2 Å². The number of rotatable bonds is 6. The summed E-state index contributed by atoms with van der Waals surface area (Å²) in [5, 5.41) is 2.63. The van der Waals surface area contributed by atoms with E-state index < -0.39 is 0 Å². The van der Waals surface area contributed by atoms with Crippen LogP contribution in [-0.4, -0.2) is 29.3 Å². The maximum atomic E-state index is 12.9. The minimum atomic E-state index is -0.386. The number of halogens is 2. The second-order valence-electron chi connectivity index (χ2n) is 5.59. The van der Waals surface area contributed by atoms with Gasteiger partial charge in [0.15, 0.2) is 0 Å². The van der Waals surface area contributed by atoms with E-state index in [9.17, 15) is 14.0 Å². The average molecular weight is 370 g/mol. The average Bonchev–Trinajstić information content (AvgIpc) is 3.03. The lowest BCUT2D eigenvalue weighted by molar-refractivity contribution is -0.117. The van der Waals surface area contributed by atoms with Gasteiger partial charge in [-0.2, -0.15) is 0 Å². The van der Waals surface area contributed by atoms with Crippen LogP contribution in [0.4, 0.5) is 10.1 Å². The number of carbonyl (C=O) groups excluding carboxylic acids is 2. The van der Waals surface area contributed by atoms with Crippen molar-refractivity contribution in [1.29, 1.82) is 0 Å². The summed E-state index contributed by atoms with van der Waals surface area (Å²) in [6.45, 7) is 3.69. The summed E-state index contributed by atoms with van der Waals surface area (Å²) in [5.41, 5.74) is 6.28. The molecule has 0 bridgehead atoms. The summed E-state index contributed by atoms with van der Waals surface area (Å²) >= 11 is 0. The highest BCUT2D eigenvalue weighted by Crippen LogP contribution is 2.13. The molecule has 25 heavy (non-hydrogen) atoms. The number of furan rings is 1. The largest absolute Gasteiger partial charge is 0.467 e. The molecule has 6 nitrogen and oxygen atoms in total. The van der Waals surface area contributed by atoms with E-state index in [0.29, 0.717) is 17.0 Å². The second-order valence-corrected chi connectivity index (χ2v) is 5.59. The summed E-state index contributed by atoms with van der Waals surface area (Å²) in [4.78, 5) is 26.1. The third-order valence-electron chi connectivity index (χ3n) is 3.43. The summed E-state index contributed by atoms with van der Waals surface area (Å²) < 4.78 is 18.0. The second kappa shape index (κ2) is 9.19. The highest BCUT2D eigenvalue weighted by Gasteiger charge is 2.23. The summed E-state index contributed by atoms with van der Waals surface area (Å²) in [6, 6.07) is 6.79. The Balaban J connectivity index is 0.00000312. The molecule has 2 amide bonds. The minimum Gasteiger partial charge on any atom is -0.467 e. The van der Waals surface area contributed by atoms with E-state index >= 15 is 0 Å². The highest BCUT2D eigenvalue weighted by molar-refractivity contribution is 5.99. The number of benzene rings is 1. The normalized spacial score (nSPS) is 10.3. The van der Waals surface area contributed by atoms with E-state index in [2.05, 4.69) is 5.32 Å². The van der Waals surface area contributed by atoms with Gasteiger partial charge in [0.05, 0.1) is 12.1 Å². The molecule has 1 aromatic carbocycles. The molecule has 136 valence electrons. The molecule has 0 atom stereocenters. The van der Waals surface area contributed by atoms with Crippen LogP contribution in [0.5, 0.6) is 0 Å². The van der Waals surface area contributed by atoms with Crippen LogP contribution < -0.4 is 11.1 Å². The van der Waals surface area contributed by atoms with Gasteiger partial charge in [0.1, 0.15) is 24.4 Å². The Labute approximate surface area is 151 Å². The number of nitrogens with one attached hydrogen (secondary N) is 1. The quantitative estimate of drug-likeness (QED) is 0.819. The molecule has 0 unspecified atom stereocenters. The van der Waals surface area contributed by atoms with Crippen LogP contribution >= 0.6 is 12.4 Å². The van der Waals surface area contributed by atoms with Gasteiger partial charge in [-0.25, -0.2) is 4.39 Å². The number of nitrogens with two attached hydrogens (primary N) is 1. The van der Waals surface area contributed by atoms with Crippen molar-refractivity contribution >= 4 is 29.9 Å². The van der Waals surface area contributed by atoms with Crippen LogP contribution in [0.2, 0.25) is 0 Å². The van der Waals surface area contributed by atoms with Crippen molar-refractivity contribution in [1.82, 2.24) is 4.90 Å². The monoisotopic (exact) mass is 369 g/mol. The fraction of sp³-hybridized carbons (Fsp3) is 0.294. The minimum absolute atomic E-state index is 0. The molecule has 0 spiro atoms. The Morgan fingerprint density at radius 2 is 1.92 bits per heavy atom. The lowest BCUT2D eigenvalue weighted by atomic mass is 10.2. The van der Waals surface area contributed by atoms with Crippen LogP contribution in [0, 0.1) is 5.82 Å². The van der Waals surface area contributed by atoms with Crippen molar-refractivity contribution in [2.45, 2.75) is 26.4 Å². The molecular weight excluding hydrogens is 349 g/mol. The lowest BCUT2D eigenvalue weighted by Crippen LogP contribution is -2.42. The number of hydrogen-bond donors (Lipinski definition) is 2. The molecule has 2 rings (SSSR count). The first-order valence-electron chi connectivity index (χ1n) is 7.54. The fourth-order valence-electron chi connectivity index (χ4n) is 2.14. The van der Waals surface area contributed by atoms with E-state index in [1.54, 1.807) is 6.07 Å². The molecular formula is C17H21ClFN3O3. The summed E-state index contributed by atoms with van der Waals surface area (Å²) in [5.74, 6) is -0.575. The first-order chi connectivity index (χ1) is 11.4. The molecule has 1 heterocycles. The van der Waals surface area contributed by atoms with Gasteiger partial charge in [0.2, 0.25) is 5.91 Å². The van der Waals surface area contributed by atoms with Gasteiger partial charge in [-0.1, -0.05) is 0 Å². The molecule has 0 aliphatic rings. The van der Waals surface area contributed by atoms with E-state index in [-0.39, 0.29) is 49.2 Å². The van der Waals surface area contributed by atoms with Gasteiger partial charge < -0.3 is 20.4 Å². The smallest absolute Gasteiger partial charge is 0.257 e. The topological polar surface area (TPSA) is 88.6 Å². The Kier molecular flexibility index (Phi) is 7.60. The first kappa shape index (κ1) is 20.7. The van der Waals surface area contributed by atoms with Crippen molar-refractivity contribution in [2.24, 2.45) is 5.73 Å². The Hall–Kier alpha value is -2.38. The van der Waals surface area contributed by atoms with Crippen molar-refractivity contribution < 1.29 is 18.4 Å². The maximum absolute atomic E-state index is 12.9. The summed E-state index contributed by atoms with van der Waals surface area (Å²) in [7, 11) is 0. The first-order valence-corrected chi connectivity index (χ1v) is 7.54. The zero-order valence-corrected chi connectivity index (χ0v) is 14.8. The van der Waals surface area contributed by atoms with Crippen LogP contribution in [0.1, 0.15) is 30.0 Å². The third-order valence-corrected chi connectivity index (χ3v) is 3.43. The highest BCUT2D eigenvalue weighted by atomic mass is 35.5.